The molecule has 0 spiro atoms. The largest absolute Gasteiger partial charge is 0.497 e. The Bertz CT molecular complexity index is 693. The molecule has 2 aromatic rings. The van der Waals surface area contributed by atoms with Gasteiger partial charge in [0.1, 0.15) is 5.75 Å². The van der Waals surface area contributed by atoms with E-state index in [-0.39, 0.29) is 0 Å². The van der Waals surface area contributed by atoms with Gasteiger partial charge in [-0.05, 0) is 45.1 Å². The van der Waals surface area contributed by atoms with Gasteiger partial charge in [0.25, 0.3) is 0 Å². The van der Waals surface area contributed by atoms with Crippen molar-refractivity contribution in [3.8, 4) is 5.75 Å². The quantitative estimate of drug-likeness (QED) is 0.816. The maximum absolute atomic E-state index is 8.40. The average Bonchev–Trinajstić information content (AvgIpc) is 2.85. The lowest BCUT2D eigenvalue weighted by molar-refractivity contribution is 0.286. The molecule has 0 amide bonds. The zero-order valence-corrected chi connectivity index (χ0v) is 9.84. The van der Waals surface area contributed by atoms with E-state index >= 15 is 0 Å². The van der Waals surface area contributed by atoms with E-state index in [1.54, 1.807) is 42.1 Å². The maximum atomic E-state index is 8.40. The Labute approximate surface area is 112 Å². The Kier molecular flexibility index (Phi) is 1.67. The van der Waals surface area contributed by atoms with Crippen LogP contribution in [0.25, 0.3) is 10.9 Å². The highest BCUT2D eigenvalue weighted by atomic mass is 16.5. The number of hydrogen-bond acceptors (Lipinski definition) is 2. The van der Waals surface area contributed by atoms with Gasteiger partial charge in [0.2, 0.25) is 0 Å². The Morgan fingerprint density at radius 3 is 3.00 bits per heavy atom. The molecule has 0 N–H and O–H groups in total. The van der Waals surface area contributed by atoms with Gasteiger partial charge < -0.3 is 14.2 Å². The number of aromatic nitrogens is 1. The van der Waals surface area contributed by atoms with Gasteiger partial charge in [-0.15, -0.1) is 0 Å². The second-order valence-electron chi connectivity index (χ2n) is 3.91. The van der Waals surface area contributed by atoms with Crippen molar-refractivity contribution in [2.75, 3.05) is 21.1 Å². The molecular weight excluding hydrogens is 212 g/mol. The molecule has 92 valence electrons. The van der Waals surface area contributed by atoms with Crippen LogP contribution in [0.5, 0.6) is 5.75 Å². The number of rotatable bonds is 4. The van der Waals surface area contributed by atoms with Gasteiger partial charge in [0, 0.05) is 37.9 Å². The van der Waals surface area contributed by atoms with Crippen LogP contribution >= 0.6 is 0 Å². The third-order valence-corrected chi connectivity index (χ3v) is 2.71. The van der Waals surface area contributed by atoms with Crippen molar-refractivity contribution in [2.24, 2.45) is 0 Å². The molecular formula is C14H20N2O. The first-order valence-corrected chi connectivity index (χ1v) is 5.33. The van der Waals surface area contributed by atoms with Gasteiger partial charge in [-0.2, -0.15) is 0 Å². The minimum absolute atomic E-state index is 0.438. The molecule has 3 nitrogen and oxygen atoms in total. The monoisotopic (exact) mass is 239 g/mol. The second kappa shape index (κ2) is 4.80. The predicted molar refractivity (Wildman–Crippen MR) is 71.6 cm³/mol. The van der Waals surface area contributed by atoms with Gasteiger partial charge in [-0.3, -0.25) is 0 Å². The minimum Gasteiger partial charge on any atom is -0.497 e. The van der Waals surface area contributed by atoms with E-state index in [0.717, 1.165) is 5.39 Å². The van der Waals surface area contributed by atoms with Gasteiger partial charge in [0.05, 0.1) is 8.48 Å². The number of ether oxygens (including phenoxy) is 1. The zero-order chi connectivity index (χ0) is 18.3. The molecule has 0 radical (unpaired) electrons. The summed E-state index contributed by atoms with van der Waals surface area (Å²) in [5, 5.41) is 0.827. The number of benzene rings is 1. The van der Waals surface area contributed by atoms with Crippen LogP contribution in [0, 0.1) is 0 Å². The van der Waals surface area contributed by atoms with Crippen LogP contribution in [0.4, 0.5) is 0 Å². The van der Waals surface area contributed by atoms with E-state index in [0.29, 0.717) is 16.2 Å². The van der Waals surface area contributed by atoms with Crippen molar-refractivity contribution in [1.29, 1.82) is 0 Å². The van der Waals surface area contributed by atoms with Crippen molar-refractivity contribution < 1.29 is 14.3 Å². The normalized spacial score (nSPS) is 22.6. The van der Waals surface area contributed by atoms with Crippen molar-refractivity contribution in [2.45, 2.75) is 19.5 Å². The first-order valence-electron chi connectivity index (χ1n) is 8.91. The van der Waals surface area contributed by atoms with Gasteiger partial charge in [-0.25, -0.2) is 0 Å². The van der Waals surface area contributed by atoms with Crippen LogP contribution in [-0.2, 0) is 6.52 Å². The van der Waals surface area contributed by atoms with Crippen LogP contribution in [0.2, 0.25) is 0 Å². The Balaban J connectivity index is 2.41. The lowest BCUT2D eigenvalue weighted by Crippen LogP contribution is -2.28. The molecule has 2 atom stereocenters. The standard InChI is InChI=1S/C14H20N2O/c1-11(15(2)3)10-16-8-7-12-9-13(17-4)5-6-14(12)16/h5-9,11H,10H2,1-4H3/t11-/m1/s1/i2D3,3D3,10D/t10?,11-. The highest BCUT2D eigenvalue weighted by molar-refractivity contribution is 5.81. The fourth-order valence-corrected chi connectivity index (χ4v) is 1.70. The molecule has 1 aromatic carbocycles. The highest BCUT2D eigenvalue weighted by Crippen LogP contribution is 2.22. The van der Waals surface area contributed by atoms with E-state index < -0.39 is 26.5 Å². The van der Waals surface area contributed by atoms with Crippen molar-refractivity contribution >= 4 is 10.9 Å². The summed E-state index contributed by atoms with van der Waals surface area (Å²) in [4.78, 5) is 0.438. The van der Waals surface area contributed by atoms with E-state index in [9.17, 15) is 0 Å². The molecule has 2 rings (SSSR count). The van der Waals surface area contributed by atoms with Gasteiger partial charge in [0.15, 0.2) is 0 Å². The Hall–Kier alpha value is -1.48. The smallest absolute Gasteiger partial charge is 0.119 e. The lowest BCUT2D eigenvalue weighted by atomic mass is 10.2. The summed E-state index contributed by atoms with van der Waals surface area (Å²) in [6, 6.07) is 6.02. The van der Waals surface area contributed by atoms with E-state index in [1.807, 2.05) is 0 Å². The van der Waals surface area contributed by atoms with Gasteiger partial charge >= 0.3 is 0 Å². The summed E-state index contributed by atoms with van der Waals surface area (Å²) in [7, 11) is 1.55. The first kappa shape index (κ1) is 5.91. The van der Waals surface area contributed by atoms with Gasteiger partial charge in [-0.1, -0.05) is 0 Å². The summed E-state index contributed by atoms with van der Waals surface area (Å²) in [6.07, 6.45) is 1.65. The fraction of sp³-hybridized carbons (Fsp3) is 0.429. The molecule has 0 aliphatic carbocycles. The summed E-state index contributed by atoms with van der Waals surface area (Å²) in [6.45, 7) is -5.31. The van der Waals surface area contributed by atoms with Crippen LogP contribution < -0.4 is 4.74 Å². The van der Waals surface area contributed by atoms with Crippen molar-refractivity contribution in [1.82, 2.24) is 9.47 Å². The summed E-state index contributed by atoms with van der Waals surface area (Å²) in [5.41, 5.74) is 0.707. The van der Waals surface area contributed by atoms with E-state index in [1.165, 1.54) is 6.92 Å². The summed E-state index contributed by atoms with van der Waals surface area (Å²) >= 11 is 0. The molecule has 0 aliphatic heterocycles. The van der Waals surface area contributed by atoms with Crippen LogP contribution in [0.15, 0.2) is 30.5 Å². The minimum atomic E-state index is -2.82. The molecule has 17 heavy (non-hydrogen) atoms. The Morgan fingerprint density at radius 1 is 1.47 bits per heavy atom. The summed E-state index contributed by atoms with van der Waals surface area (Å²) < 4.78 is 60.1. The molecule has 0 saturated carbocycles. The SMILES string of the molecule is [2H]C([C@@H](C)N(C([2H])([2H])[2H])C([2H])([2H])[2H])n1ccc2cc(OC)ccc21. The molecule has 1 unspecified atom stereocenters. The third kappa shape index (κ3) is 2.44. The highest BCUT2D eigenvalue weighted by Gasteiger charge is 2.08. The van der Waals surface area contributed by atoms with E-state index in [4.69, 9.17) is 14.3 Å². The average molecular weight is 239 g/mol. The molecule has 1 aromatic heterocycles. The number of methoxy groups -OCH3 is 1. The summed E-state index contributed by atoms with van der Waals surface area (Å²) in [5.74, 6) is 0.668. The number of hydrogen-bond donors (Lipinski definition) is 0. The molecule has 0 saturated heterocycles. The first-order chi connectivity index (χ1) is 11.0. The lowest BCUT2D eigenvalue weighted by Gasteiger charge is -2.20. The molecule has 0 aliphatic rings. The maximum Gasteiger partial charge on any atom is 0.119 e. The number of fused-ring (bicyclic) bond motifs is 1. The van der Waals surface area contributed by atoms with Crippen molar-refractivity contribution in [3.63, 3.8) is 0 Å². The molecule has 0 bridgehead atoms. The molecule has 0 fully saturated rings. The topological polar surface area (TPSA) is 17.4 Å². The predicted octanol–water partition coefficient (Wildman–Crippen LogP) is 2.60. The Morgan fingerprint density at radius 2 is 2.29 bits per heavy atom. The zero-order valence-electron chi connectivity index (χ0n) is 16.8. The van der Waals surface area contributed by atoms with E-state index in [2.05, 4.69) is 0 Å². The molecule has 3 heteroatoms. The van der Waals surface area contributed by atoms with Crippen molar-refractivity contribution in [3.05, 3.63) is 30.5 Å². The number of nitrogens with zero attached hydrogens (tertiary/aromatic N) is 2. The number of likely N-dealkylation sites (N-methyl/N-ethyl adjacent to an activating group) is 1. The third-order valence-electron chi connectivity index (χ3n) is 2.71. The van der Waals surface area contributed by atoms with Crippen LogP contribution in [0.1, 0.15) is 16.5 Å². The van der Waals surface area contributed by atoms with Crippen LogP contribution in [0.3, 0.4) is 0 Å². The second-order valence-corrected chi connectivity index (χ2v) is 3.91. The van der Waals surface area contributed by atoms with Crippen LogP contribution in [-0.4, -0.2) is 36.6 Å². The molecule has 1 heterocycles. The fourth-order valence-electron chi connectivity index (χ4n) is 1.70.